The van der Waals surface area contributed by atoms with Crippen LogP contribution in [-0.2, 0) is 6.42 Å². The Morgan fingerprint density at radius 2 is 2.17 bits per heavy atom. The van der Waals surface area contributed by atoms with Crippen LogP contribution >= 0.6 is 11.3 Å². The number of hydrogen-bond donors (Lipinski definition) is 1. The van der Waals surface area contributed by atoms with Crippen LogP contribution in [0.15, 0.2) is 29.6 Å². The van der Waals surface area contributed by atoms with Gasteiger partial charge in [0.1, 0.15) is 10.8 Å². The highest BCUT2D eigenvalue weighted by Gasteiger charge is 2.12. The average molecular weight is 264 g/mol. The Bertz CT molecular complexity index is 529. The van der Waals surface area contributed by atoms with E-state index in [-0.39, 0.29) is 11.4 Å². The minimum absolute atomic E-state index is 0.178. The summed E-state index contributed by atoms with van der Waals surface area (Å²) in [6.07, 6.45) is 1.74. The summed E-state index contributed by atoms with van der Waals surface area (Å²) in [7, 11) is 0. The van der Waals surface area contributed by atoms with Gasteiger partial charge in [0, 0.05) is 16.5 Å². The lowest BCUT2D eigenvalue weighted by atomic mass is 9.99. The van der Waals surface area contributed by atoms with Crippen LogP contribution < -0.4 is 5.73 Å². The van der Waals surface area contributed by atoms with Gasteiger partial charge in [-0.15, -0.1) is 11.3 Å². The molecular formula is C14H17FN2S. The molecule has 0 aliphatic carbocycles. The summed E-state index contributed by atoms with van der Waals surface area (Å²) in [5.74, 6) is -0.229. The first-order valence-corrected chi connectivity index (χ1v) is 6.81. The molecule has 0 fully saturated rings. The van der Waals surface area contributed by atoms with Gasteiger partial charge >= 0.3 is 0 Å². The molecule has 0 bridgehead atoms. The third-order valence-electron chi connectivity index (χ3n) is 2.65. The predicted molar refractivity (Wildman–Crippen MR) is 74.1 cm³/mol. The first-order chi connectivity index (χ1) is 8.44. The molecule has 0 spiro atoms. The summed E-state index contributed by atoms with van der Waals surface area (Å²) in [5.41, 5.74) is 7.63. The van der Waals surface area contributed by atoms with Gasteiger partial charge in [-0.1, -0.05) is 12.1 Å². The summed E-state index contributed by atoms with van der Waals surface area (Å²) in [6, 6.07) is 6.53. The topological polar surface area (TPSA) is 38.9 Å². The van der Waals surface area contributed by atoms with E-state index in [1.54, 1.807) is 17.4 Å². The number of nitrogens with two attached hydrogens (primary N) is 1. The molecule has 0 aliphatic heterocycles. The van der Waals surface area contributed by atoms with Crippen LogP contribution in [0.4, 0.5) is 4.39 Å². The second-order valence-corrected chi connectivity index (χ2v) is 6.00. The lowest BCUT2D eigenvalue weighted by Gasteiger charge is -2.16. The van der Waals surface area contributed by atoms with Crippen molar-refractivity contribution in [3.63, 3.8) is 0 Å². The summed E-state index contributed by atoms with van der Waals surface area (Å²) in [5, 5.41) is 2.88. The summed E-state index contributed by atoms with van der Waals surface area (Å²) in [6.45, 7) is 4.01. The van der Waals surface area contributed by atoms with E-state index in [1.165, 1.54) is 12.1 Å². The molecule has 0 atom stereocenters. The minimum Gasteiger partial charge on any atom is -0.326 e. The molecule has 4 heteroatoms. The van der Waals surface area contributed by atoms with Gasteiger partial charge in [-0.25, -0.2) is 9.37 Å². The number of nitrogens with zero attached hydrogens (tertiary/aromatic N) is 1. The maximum absolute atomic E-state index is 13.1. The van der Waals surface area contributed by atoms with Crippen LogP contribution in [0.25, 0.3) is 10.6 Å². The van der Waals surface area contributed by atoms with Crippen molar-refractivity contribution < 1.29 is 4.39 Å². The van der Waals surface area contributed by atoms with E-state index in [4.69, 9.17) is 5.73 Å². The second kappa shape index (κ2) is 5.16. The molecule has 1 aromatic heterocycles. The smallest absolute Gasteiger partial charge is 0.123 e. The molecule has 1 heterocycles. The highest BCUT2D eigenvalue weighted by molar-refractivity contribution is 7.13. The first-order valence-electron chi connectivity index (χ1n) is 5.93. The predicted octanol–water partition coefficient (Wildman–Crippen LogP) is 3.62. The zero-order chi connectivity index (χ0) is 13.2. The number of rotatable bonds is 4. The third kappa shape index (κ3) is 3.62. The Kier molecular flexibility index (Phi) is 3.78. The van der Waals surface area contributed by atoms with E-state index in [1.807, 2.05) is 25.3 Å². The second-order valence-electron chi connectivity index (χ2n) is 5.14. The van der Waals surface area contributed by atoms with Gasteiger partial charge in [0.2, 0.25) is 0 Å². The van der Waals surface area contributed by atoms with Gasteiger partial charge in [0.25, 0.3) is 0 Å². The van der Waals surface area contributed by atoms with E-state index >= 15 is 0 Å². The van der Waals surface area contributed by atoms with Crippen molar-refractivity contribution in [2.45, 2.75) is 32.2 Å². The normalized spacial score (nSPS) is 11.8. The van der Waals surface area contributed by atoms with Gasteiger partial charge in [-0.05, 0) is 38.8 Å². The van der Waals surface area contributed by atoms with Crippen molar-refractivity contribution >= 4 is 11.3 Å². The molecule has 0 saturated carbocycles. The Balaban J connectivity index is 2.11. The van der Waals surface area contributed by atoms with Crippen molar-refractivity contribution in [2.24, 2.45) is 5.73 Å². The van der Waals surface area contributed by atoms with Crippen LogP contribution in [-0.4, -0.2) is 10.5 Å². The maximum atomic E-state index is 13.1. The lowest BCUT2D eigenvalue weighted by molar-refractivity contribution is 0.475. The maximum Gasteiger partial charge on any atom is 0.123 e. The monoisotopic (exact) mass is 264 g/mol. The molecule has 0 amide bonds. The van der Waals surface area contributed by atoms with Gasteiger partial charge in [0.05, 0.1) is 5.69 Å². The molecule has 2 rings (SSSR count). The molecule has 18 heavy (non-hydrogen) atoms. The largest absolute Gasteiger partial charge is 0.326 e. The zero-order valence-electron chi connectivity index (χ0n) is 10.6. The summed E-state index contributed by atoms with van der Waals surface area (Å²) in [4.78, 5) is 4.52. The average Bonchev–Trinajstić information content (AvgIpc) is 2.74. The molecule has 2 N–H and O–H groups in total. The number of aryl methyl sites for hydroxylation is 1. The zero-order valence-corrected chi connectivity index (χ0v) is 11.4. The SMILES string of the molecule is CC(C)(N)CCc1csc(-c2cccc(F)c2)n1. The highest BCUT2D eigenvalue weighted by atomic mass is 32.1. The molecular weight excluding hydrogens is 247 g/mol. The molecule has 0 radical (unpaired) electrons. The van der Waals surface area contributed by atoms with Crippen LogP contribution in [0, 0.1) is 5.82 Å². The minimum atomic E-state index is -0.229. The number of aromatic nitrogens is 1. The summed E-state index contributed by atoms with van der Waals surface area (Å²) < 4.78 is 13.1. The molecule has 96 valence electrons. The number of hydrogen-bond acceptors (Lipinski definition) is 3. The number of thiazole rings is 1. The van der Waals surface area contributed by atoms with Gasteiger partial charge in [0.15, 0.2) is 0 Å². The number of benzene rings is 1. The van der Waals surface area contributed by atoms with Gasteiger partial charge < -0.3 is 5.73 Å². The fourth-order valence-corrected chi connectivity index (χ4v) is 2.48. The van der Waals surface area contributed by atoms with Crippen LogP contribution in [0.1, 0.15) is 26.0 Å². The van der Waals surface area contributed by atoms with Gasteiger partial charge in [-0.2, -0.15) is 0 Å². The fraction of sp³-hybridized carbons (Fsp3) is 0.357. The molecule has 0 unspecified atom stereocenters. The highest BCUT2D eigenvalue weighted by Crippen LogP contribution is 2.25. The Labute approximate surface area is 111 Å². The van der Waals surface area contributed by atoms with Gasteiger partial charge in [-0.3, -0.25) is 0 Å². The molecule has 1 aromatic carbocycles. The summed E-state index contributed by atoms with van der Waals surface area (Å²) >= 11 is 1.54. The molecule has 0 saturated heterocycles. The van der Waals surface area contributed by atoms with Crippen LogP contribution in [0.3, 0.4) is 0 Å². The molecule has 0 aliphatic rings. The van der Waals surface area contributed by atoms with Crippen LogP contribution in [0.5, 0.6) is 0 Å². The molecule has 2 nitrogen and oxygen atoms in total. The van der Waals surface area contributed by atoms with E-state index in [2.05, 4.69) is 4.98 Å². The van der Waals surface area contributed by atoms with E-state index in [9.17, 15) is 4.39 Å². The fourth-order valence-electron chi connectivity index (χ4n) is 1.63. The van der Waals surface area contributed by atoms with Crippen molar-refractivity contribution in [2.75, 3.05) is 0 Å². The van der Waals surface area contributed by atoms with Crippen molar-refractivity contribution in [3.05, 3.63) is 41.2 Å². The Hall–Kier alpha value is -1.26. The lowest BCUT2D eigenvalue weighted by Crippen LogP contribution is -2.32. The van der Waals surface area contributed by atoms with Crippen molar-refractivity contribution in [1.29, 1.82) is 0 Å². The first kappa shape index (κ1) is 13.2. The van der Waals surface area contributed by atoms with E-state index < -0.39 is 0 Å². The molecule has 2 aromatic rings. The standard InChI is InChI=1S/C14H17FN2S/c1-14(2,16)7-6-12-9-18-13(17-12)10-4-3-5-11(15)8-10/h3-5,8-9H,6-7,16H2,1-2H3. The van der Waals surface area contributed by atoms with Crippen LogP contribution in [0.2, 0.25) is 0 Å². The van der Waals surface area contributed by atoms with E-state index in [0.717, 1.165) is 29.1 Å². The van der Waals surface area contributed by atoms with E-state index in [0.29, 0.717) is 0 Å². The quantitative estimate of drug-likeness (QED) is 0.916. The number of halogens is 1. The van der Waals surface area contributed by atoms with Crippen molar-refractivity contribution in [1.82, 2.24) is 4.98 Å². The van der Waals surface area contributed by atoms with Crippen molar-refractivity contribution in [3.8, 4) is 10.6 Å². The Morgan fingerprint density at radius 3 is 2.83 bits per heavy atom. The third-order valence-corrected chi connectivity index (χ3v) is 3.59. The Morgan fingerprint density at radius 1 is 1.39 bits per heavy atom.